The van der Waals surface area contributed by atoms with Crippen molar-refractivity contribution in [1.82, 2.24) is 16.1 Å². The van der Waals surface area contributed by atoms with Crippen LogP contribution in [0.2, 0.25) is 0 Å². The second kappa shape index (κ2) is 13.7. The van der Waals surface area contributed by atoms with Crippen LogP contribution in [0.15, 0.2) is 57.2 Å². The molecule has 0 aliphatic carbocycles. The Hall–Kier alpha value is -3.97. The van der Waals surface area contributed by atoms with Gasteiger partial charge in [-0.3, -0.25) is 9.59 Å². The van der Waals surface area contributed by atoms with E-state index in [1.54, 1.807) is 50.2 Å². The summed E-state index contributed by atoms with van der Waals surface area (Å²) in [6, 6.07) is 9.51. The van der Waals surface area contributed by atoms with Crippen molar-refractivity contribution in [1.29, 1.82) is 0 Å². The number of halogens is 1. The predicted molar refractivity (Wildman–Crippen MR) is 151 cm³/mol. The molecule has 0 radical (unpaired) electrons. The Bertz CT molecular complexity index is 1350. The average molecular weight is 619 g/mol. The van der Waals surface area contributed by atoms with E-state index in [4.69, 9.17) is 31.2 Å². The van der Waals surface area contributed by atoms with E-state index in [9.17, 15) is 14.4 Å². The van der Waals surface area contributed by atoms with Gasteiger partial charge in [0, 0.05) is 28.2 Å². The van der Waals surface area contributed by atoms with Crippen molar-refractivity contribution >= 4 is 57.3 Å². The number of para-hydroxylation sites is 1. The first-order valence-electron chi connectivity index (χ1n) is 11.7. The van der Waals surface area contributed by atoms with Crippen molar-refractivity contribution < 1.29 is 33.3 Å². The third kappa shape index (κ3) is 7.77. The minimum absolute atomic E-state index is 0.214. The molecule has 0 aromatic heterocycles. The molecule has 2 aromatic carbocycles. The van der Waals surface area contributed by atoms with Crippen LogP contribution in [0.25, 0.3) is 0 Å². The lowest BCUT2D eigenvalue weighted by atomic mass is 9.95. The lowest BCUT2D eigenvalue weighted by molar-refractivity contribution is -0.139. The molecule has 1 aliphatic heterocycles. The van der Waals surface area contributed by atoms with E-state index in [0.29, 0.717) is 43.5 Å². The fraction of sp³-hybridized carbons (Fsp3) is 0.269. The summed E-state index contributed by atoms with van der Waals surface area (Å²) >= 11 is 8.67. The number of hydrogen-bond acceptors (Lipinski definition) is 9. The molecule has 1 heterocycles. The second-order valence-electron chi connectivity index (χ2n) is 8.03. The zero-order valence-corrected chi connectivity index (χ0v) is 24.0. The number of benzene rings is 2. The van der Waals surface area contributed by atoms with Crippen LogP contribution in [0.4, 0.5) is 0 Å². The number of thiocarbonyl (C=S) groups is 1. The quantitative estimate of drug-likeness (QED) is 0.120. The molecule has 39 heavy (non-hydrogen) atoms. The van der Waals surface area contributed by atoms with E-state index in [1.165, 1.54) is 20.2 Å². The summed E-state index contributed by atoms with van der Waals surface area (Å²) in [4.78, 5) is 36.4. The van der Waals surface area contributed by atoms with Gasteiger partial charge in [-0.25, -0.2) is 10.2 Å². The van der Waals surface area contributed by atoms with E-state index in [-0.39, 0.29) is 19.0 Å². The number of ether oxygens (including phenoxy) is 4. The maximum Gasteiger partial charge on any atom is 0.338 e. The molecule has 1 aliphatic rings. The number of nitrogens with zero attached hydrogens (tertiary/aromatic N) is 1. The molecule has 1 amide bonds. The highest BCUT2D eigenvalue weighted by Gasteiger charge is 2.32. The van der Waals surface area contributed by atoms with Crippen molar-refractivity contribution in [2.24, 2.45) is 5.10 Å². The van der Waals surface area contributed by atoms with Gasteiger partial charge in [0.25, 0.3) is 5.91 Å². The summed E-state index contributed by atoms with van der Waals surface area (Å²) in [5.74, 6) is -0.567. The predicted octanol–water partition coefficient (Wildman–Crippen LogP) is 3.27. The molecule has 3 N–H and O–H groups in total. The molecule has 0 saturated heterocycles. The fourth-order valence-corrected chi connectivity index (χ4v) is 4.35. The minimum atomic E-state index is -0.641. The van der Waals surface area contributed by atoms with Crippen LogP contribution < -0.4 is 30.3 Å². The summed E-state index contributed by atoms with van der Waals surface area (Å²) in [5, 5.41) is 10.3. The second-order valence-corrected chi connectivity index (χ2v) is 9.29. The van der Waals surface area contributed by atoms with E-state index in [1.807, 2.05) is 0 Å². The Morgan fingerprint density at radius 1 is 1.18 bits per heavy atom. The van der Waals surface area contributed by atoms with Crippen molar-refractivity contribution in [2.45, 2.75) is 26.8 Å². The molecule has 13 heteroatoms. The monoisotopic (exact) mass is 618 g/mol. The normalized spacial score (nSPS) is 14.8. The molecule has 1 atom stereocenters. The molecule has 206 valence electrons. The van der Waals surface area contributed by atoms with Crippen molar-refractivity contribution in [3.63, 3.8) is 0 Å². The largest absolute Gasteiger partial charge is 0.493 e. The molecule has 11 nitrogen and oxygen atoms in total. The smallest absolute Gasteiger partial charge is 0.338 e. The van der Waals surface area contributed by atoms with Gasteiger partial charge in [0.05, 0.1) is 31.5 Å². The third-order valence-corrected chi connectivity index (χ3v) is 6.19. The van der Waals surface area contributed by atoms with Gasteiger partial charge >= 0.3 is 11.9 Å². The minimum Gasteiger partial charge on any atom is -0.493 e. The Kier molecular flexibility index (Phi) is 10.4. The topological polar surface area (TPSA) is 137 Å². The van der Waals surface area contributed by atoms with Crippen LogP contribution in [0.3, 0.4) is 0 Å². The zero-order chi connectivity index (χ0) is 28.5. The Morgan fingerprint density at radius 2 is 1.92 bits per heavy atom. The molecule has 0 unspecified atom stereocenters. The number of hydrazone groups is 1. The van der Waals surface area contributed by atoms with Crippen molar-refractivity contribution in [3.8, 4) is 17.2 Å². The number of esters is 2. The SMILES string of the molecule is CCOC(=O)C1=C(C)NC(=S)N[C@H]1c1ccccc1OCC(=O)NN=Cc1cc(OC)c(OC(C)=O)cc1Br. The first kappa shape index (κ1) is 29.6. The highest BCUT2D eigenvalue weighted by atomic mass is 79.9. The maximum absolute atomic E-state index is 12.7. The summed E-state index contributed by atoms with van der Waals surface area (Å²) in [5.41, 5.74) is 4.49. The van der Waals surface area contributed by atoms with E-state index in [2.05, 4.69) is 37.1 Å². The fourth-order valence-electron chi connectivity index (χ4n) is 3.65. The highest BCUT2D eigenvalue weighted by molar-refractivity contribution is 9.10. The van der Waals surface area contributed by atoms with Gasteiger partial charge < -0.3 is 29.6 Å². The average Bonchev–Trinajstić information content (AvgIpc) is 2.88. The van der Waals surface area contributed by atoms with Crippen LogP contribution in [-0.4, -0.2) is 49.5 Å². The molecule has 3 rings (SSSR count). The molecule has 0 fully saturated rings. The molecule has 0 saturated carbocycles. The summed E-state index contributed by atoms with van der Waals surface area (Å²) < 4.78 is 21.9. The molecule has 0 spiro atoms. The van der Waals surface area contributed by atoms with Crippen molar-refractivity contribution in [2.75, 3.05) is 20.3 Å². The highest BCUT2D eigenvalue weighted by Crippen LogP contribution is 2.34. The number of hydrogen-bond donors (Lipinski definition) is 3. The van der Waals surface area contributed by atoms with Gasteiger partial charge in [0.1, 0.15) is 5.75 Å². The van der Waals surface area contributed by atoms with Gasteiger partial charge in [-0.05, 0) is 60.2 Å². The van der Waals surface area contributed by atoms with Gasteiger partial charge in [-0.15, -0.1) is 0 Å². The number of rotatable bonds is 10. The van der Waals surface area contributed by atoms with Crippen LogP contribution in [0.1, 0.15) is 37.9 Å². The van der Waals surface area contributed by atoms with Crippen LogP contribution in [-0.2, 0) is 19.1 Å². The summed E-state index contributed by atoms with van der Waals surface area (Å²) in [6.45, 7) is 4.61. The Balaban J connectivity index is 1.71. The standard InChI is InChI=1S/C26H27BrN4O7S/c1-5-36-25(34)23-14(2)29-26(39)30-24(23)17-8-6-7-9-19(17)37-13-22(33)31-28-12-16-10-20(35-4)21(11-18(16)27)38-15(3)32/h6-12,24H,5,13H2,1-4H3,(H,31,33)(H2,29,30,39)/t24-/m0/s1. The lowest BCUT2D eigenvalue weighted by Gasteiger charge is -2.30. The van der Waals surface area contributed by atoms with Crippen molar-refractivity contribution in [3.05, 3.63) is 63.3 Å². The molecule has 0 bridgehead atoms. The third-order valence-electron chi connectivity index (χ3n) is 5.28. The molecular weight excluding hydrogens is 592 g/mol. The number of methoxy groups -OCH3 is 1. The molecular formula is C26H27BrN4O7S. The van der Waals surface area contributed by atoms with Gasteiger partial charge in [-0.2, -0.15) is 5.10 Å². The van der Waals surface area contributed by atoms with Gasteiger partial charge in [0.15, 0.2) is 23.2 Å². The van der Waals surface area contributed by atoms with E-state index < -0.39 is 23.9 Å². The molecule has 2 aromatic rings. The van der Waals surface area contributed by atoms with Gasteiger partial charge in [0.2, 0.25) is 0 Å². The lowest BCUT2D eigenvalue weighted by Crippen LogP contribution is -2.45. The number of allylic oxidation sites excluding steroid dienone is 1. The number of carbonyl (C=O) groups is 3. The summed E-state index contributed by atoms with van der Waals surface area (Å²) in [6.07, 6.45) is 1.40. The Labute approximate surface area is 239 Å². The zero-order valence-electron chi connectivity index (χ0n) is 21.6. The number of carbonyl (C=O) groups excluding carboxylic acids is 3. The van der Waals surface area contributed by atoms with E-state index in [0.717, 1.165) is 0 Å². The van der Waals surface area contributed by atoms with E-state index >= 15 is 0 Å². The summed E-state index contributed by atoms with van der Waals surface area (Å²) in [7, 11) is 1.44. The van der Waals surface area contributed by atoms with Gasteiger partial charge in [-0.1, -0.05) is 18.2 Å². The van der Waals surface area contributed by atoms with Crippen LogP contribution >= 0.6 is 28.1 Å². The first-order valence-corrected chi connectivity index (χ1v) is 12.9. The Morgan fingerprint density at radius 3 is 2.62 bits per heavy atom. The van der Waals surface area contributed by atoms with Crippen LogP contribution in [0, 0.1) is 0 Å². The first-order chi connectivity index (χ1) is 18.6. The number of amides is 1. The van der Waals surface area contributed by atoms with Crippen LogP contribution in [0.5, 0.6) is 17.2 Å². The maximum atomic E-state index is 12.7. The number of nitrogens with one attached hydrogen (secondary N) is 3.